The number of aromatic nitrogens is 3. The van der Waals surface area contributed by atoms with Gasteiger partial charge in [-0.25, -0.2) is 8.42 Å². The maximum atomic E-state index is 12.6. The van der Waals surface area contributed by atoms with Crippen LogP contribution in [0.4, 0.5) is 5.95 Å². The van der Waals surface area contributed by atoms with Gasteiger partial charge in [-0.2, -0.15) is 4.31 Å². The van der Waals surface area contributed by atoms with E-state index in [1.807, 2.05) is 0 Å². The van der Waals surface area contributed by atoms with Crippen LogP contribution in [0.25, 0.3) is 5.65 Å². The molecule has 23 heavy (non-hydrogen) atoms. The quantitative estimate of drug-likeness (QED) is 0.777. The van der Waals surface area contributed by atoms with Crippen molar-refractivity contribution in [2.45, 2.75) is 38.2 Å². The van der Waals surface area contributed by atoms with E-state index < -0.39 is 15.6 Å². The van der Waals surface area contributed by atoms with Gasteiger partial charge in [-0.15, -0.1) is 10.2 Å². The number of pyridine rings is 1. The molecule has 0 bridgehead atoms. The Morgan fingerprint density at radius 2 is 1.91 bits per heavy atom. The number of hydrogen-bond donors (Lipinski definition) is 2. The Hall–Kier alpha value is -1.71. The van der Waals surface area contributed by atoms with E-state index in [0.717, 1.165) is 0 Å². The molecule has 2 heterocycles. The molecular weight excluding hydrogens is 318 g/mol. The predicted octanol–water partition coefficient (Wildman–Crippen LogP) is 0.943. The summed E-state index contributed by atoms with van der Waals surface area (Å²) in [7, 11) is -3.55. The zero-order valence-electron chi connectivity index (χ0n) is 13.8. The van der Waals surface area contributed by atoms with Crippen molar-refractivity contribution in [3.05, 3.63) is 18.3 Å². The van der Waals surface area contributed by atoms with Crippen molar-refractivity contribution in [2.75, 3.05) is 25.0 Å². The van der Waals surface area contributed by atoms with Crippen LogP contribution in [-0.2, 0) is 10.0 Å². The first kappa shape index (κ1) is 17.6. The largest absolute Gasteiger partial charge is 0.389 e. The fourth-order valence-electron chi connectivity index (χ4n) is 2.15. The van der Waals surface area contributed by atoms with E-state index in [1.54, 1.807) is 38.2 Å². The van der Waals surface area contributed by atoms with Crippen LogP contribution in [0.2, 0.25) is 0 Å². The number of rotatable bonds is 7. The molecule has 0 saturated carbocycles. The van der Waals surface area contributed by atoms with Crippen molar-refractivity contribution in [3.63, 3.8) is 0 Å². The maximum absolute atomic E-state index is 12.6. The van der Waals surface area contributed by atoms with Crippen LogP contribution in [-0.4, -0.2) is 57.7 Å². The molecule has 0 aromatic carbocycles. The number of aliphatic hydroxyl groups is 1. The molecule has 0 amide bonds. The maximum Gasteiger partial charge on any atom is 0.244 e. The van der Waals surface area contributed by atoms with Crippen molar-refractivity contribution in [1.29, 1.82) is 0 Å². The number of nitrogens with zero attached hydrogens (tertiary/aromatic N) is 4. The molecule has 0 spiro atoms. The van der Waals surface area contributed by atoms with E-state index in [2.05, 4.69) is 15.5 Å². The zero-order chi connectivity index (χ0) is 17.3. The van der Waals surface area contributed by atoms with E-state index >= 15 is 0 Å². The van der Waals surface area contributed by atoms with Crippen LogP contribution in [0.15, 0.2) is 23.2 Å². The normalized spacial score (nSPS) is 13.0. The Balaban J connectivity index is 2.41. The molecule has 0 fully saturated rings. The average molecular weight is 341 g/mol. The third-order valence-corrected chi connectivity index (χ3v) is 5.43. The SMILES string of the molecule is CCN(CC)S(=O)(=O)c1ccc2nnc(NCC(C)(C)O)n2c1. The van der Waals surface area contributed by atoms with Crippen LogP contribution in [0.3, 0.4) is 0 Å². The van der Waals surface area contributed by atoms with Crippen LogP contribution in [0.5, 0.6) is 0 Å². The Labute approximate surface area is 136 Å². The van der Waals surface area contributed by atoms with E-state index in [4.69, 9.17) is 0 Å². The summed E-state index contributed by atoms with van der Waals surface area (Å²) in [6.07, 6.45) is 1.50. The zero-order valence-corrected chi connectivity index (χ0v) is 14.6. The van der Waals surface area contributed by atoms with Crippen molar-refractivity contribution in [2.24, 2.45) is 0 Å². The van der Waals surface area contributed by atoms with Crippen LogP contribution in [0, 0.1) is 0 Å². The van der Waals surface area contributed by atoms with Crippen LogP contribution >= 0.6 is 0 Å². The lowest BCUT2D eigenvalue weighted by molar-refractivity contribution is 0.0943. The van der Waals surface area contributed by atoms with Gasteiger partial charge in [0.05, 0.1) is 10.5 Å². The van der Waals surface area contributed by atoms with Crippen molar-refractivity contribution < 1.29 is 13.5 Å². The lowest BCUT2D eigenvalue weighted by Crippen LogP contribution is -2.31. The predicted molar refractivity (Wildman–Crippen MR) is 87.9 cm³/mol. The topological polar surface area (TPSA) is 99.8 Å². The van der Waals surface area contributed by atoms with Crippen molar-refractivity contribution >= 4 is 21.6 Å². The van der Waals surface area contributed by atoms with E-state index in [-0.39, 0.29) is 11.4 Å². The van der Waals surface area contributed by atoms with E-state index in [9.17, 15) is 13.5 Å². The second kappa shape index (κ2) is 6.42. The summed E-state index contributed by atoms with van der Waals surface area (Å²) in [4.78, 5) is 0.180. The minimum absolute atomic E-state index is 0.180. The molecule has 2 N–H and O–H groups in total. The molecule has 2 rings (SSSR count). The minimum Gasteiger partial charge on any atom is -0.389 e. The number of fused-ring (bicyclic) bond motifs is 1. The van der Waals surface area contributed by atoms with Gasteiger partial charge < -0.3 is 10.4 Å². The lowest BCUT2D eigenvalue weighted by Gasteiger charge is -2.19. The first-order valence-electron chi connectivity index (χ1n) is 7.50. The Morgan fingerprint density at radius 1 is 1.26 bits per heavy atom. The smallest absolute Gasteiger partial charge is 0.244 e. The lowest BCUT2D eigenvalue weighted by atomic mass is 10.1. The number of hydrogen-bond acceptors (Lipinski definition) is 6. The monoisotopic (exact) mass is 341 g/mol. The minimum atomic E-state index is -3.55. The van der Waals surface area contributed by atoms with Gasteiger partial charge in [0.15, 0.2) is 5.65 Å². The third-order valence-electron chi connectivity index (χ3n) is 3.40. The molecule has 0 aliphatic rings. The molecule has 0 radical (unpaired) electrons. The molecule has 0 unspecified atom stereocenters. The Morgan fingerprint density at radius 3 is 2.48 bits per heavy atom. The highest BCUT2D eigenvalue weighted by molar-refractivity contribution is 7.89. The summed E-state index contributed by atoms with van der Waals surface area (Å²) in [5.74, 6) is 0.388. The van der Waals surface area contributed by atoms with Gasteiger partial charge in [-0.05, 0) is 26.0 Å². The summed E-state index contributed by atoms with van der Waals surface area (Å²) in [6.45, 7) is 8.01. The van der Waals surface area contributed by atoms with E-state index in [1.165, 1.54) is 16.6 Å². The fourth-order valence-corrected chi connectivity index (χ4v) is 3.61. The summed E-state index contributed by atoms with van der Waals surface area (Å²) in [5, 5.41) is 20.7. The molecule has 8 nitrogen and oxygen atoms in total. The summed E-state index contributed by atoms with van der Waals surface area (Å²) >= 11 is 0. The Kier molecular flexibility index (Phi) is 4.92. The molecule has 0 aliphatic carbocycles. The van der Waals surface area contributed by atoms with Crippen molar-refractivity contribution in [1.82, 2.24) is 18.9 Å². The highest BCUT2D eigenvalue weighted by Gasteiger charge is 2.23. The molecule has 0 aliphatic heterocycles. The van der Waals surface area contributed by atoms with E-state index in [0.29, 0.717) is 24.7 Å². The second-order valence-corrected chi connectivity index (χ2v) is 7.81. The summed E-state index contributed by atoms with van der Waals surface area (Å²) in [5.41, 5.74) is -0.391. The molecule has 0 saturated heterocycles. The van der Waals surface area contributed by atoms with Gasteiger partial charge in [0, 0.05) is 25.8 Å². The van der Waals surface area contributed by atoms with Gasteiger partial charge in [-0.1, -0.05) is 13.8 Å². The van der Waals surface area contributed by atoms with Gasteiger partial charge >= 0.3 is 0 Å². The van der Waals surface area contributed by atoms with Crippen LogP contribution < -0.4 is 5.32 Å². The number of nitrogens with one attached hydrogen (secondary N) is 1. The standard InChI is InChI=1S/C14H23N5O3S/c1-5-18(6-2)23(21,22)11-7-8-12-16-17-13(19(12)9-11)15-10-14(3,4)20/h7-9,20H,5-6,10H2,1-4H3,(H,15,17). The molecule has 2 aromatic rings. The number of anilines is 1. The second-order valence-electron chi connectivity index (χ2n) is 5.87. The number of sulfonamides is 1. The molecular formula is C14H23N5O3S. The molecule has 9 heteroatoms. The molecule has 2 aromatic heterocycles. The molecule has 0 atom stereocenters. The Bertz CT molecular complexity index is 775. The summed E-state index contributed by atoms with van der Waals surface area (Å²) in [6, 6.07) is 3.13. The third kappa shape index (κ3) is 3.80. The molecule has 128 valence electrons. The highest BCUT2D eigenvalue weighted by atomic mass is 32.2. The van der Waals surface area contributed by atoms with Gasteiger partial charge in [0.1, 0.15) is 0 Å². The average Bonchev–Trinajstić information content (AvgIpc) is 2.87. The first-order valence-corrected chi connectivity index (χ1v) is 8.94. The van der Waals surface area contributed by atoms with Gasteiger partial charge in [0.2, 0.25) is 16.0 Å². The van der Waals surface area contributed by atoms with Crippen molar-refractivity contribution in [3.8, 4) is 0 Å². The fraction of sp³-hybridized carbons (Fsp3) is 0.571. The summed E-state index contributed by atoms with van der Waals surface area (Å²) < 4.78 is 28.2. The highest BCUT2D eigenvalue weighted by Crippen LogP contribution is 2.18. The van der Waals surface area contributed by atoms with Gasteiger partial charge in [0.25, 0.3) is 0 Å². The van der Waals surface area contributed by atoms with Crippen LogP contribution in [0.1, 0.15) is 27.7 Å². The first-order chi connectivity index (χ1) is 10.7. The van der Waals surface area contributed by atoms with Gasteiger partial charge in [-0.3, -0.25) is 4.40 Å².